The molecule has 0 fully saturated rings. The van der Waals surface area contributed by atoms with Crippen molar-refractivity contribution in [2.24, 2.45) is 4.99 Å². The third-order valence-corrected chi connectivity index (χ3v) is 2.93. The van der Waals surface area contributed by atoms with Gasteiger partial charge in [0, 0.05) is 12.7 Å². The molecular formula is C16H22IN5O2. The van der Waals surface area contributed by atoms with E-state index in [1.54, 1.807) is 18.5 Å². The molecule has 7 nitrogen and oxygen atoms in total. The van der Waals surface area contributed by atoms with Gasteiger partial charge in [0.25, 0.3) is 0 Å². The topological polar surface area (TPSA) is 91.5 Å². The molecule has 2 aromatic rings. The predicted octanol–water partition coefficient (Wildman–Crippen LogP) is 1.66. The van der Waals surface area contributed by atoms with E-state index in [-0.39, 0.29) is 36.4 Å². The molecule has 0 aliphatic rings. The molecule has 24 heavy (non-hydrogen) atoms. The maximum absolute atomic E-state index is 11.8. The number of nitrogens with zero attached hydrogens (tertiary/aromatic N) is 2. The number of pyridine rings is 1. The molecule has 0 bridgehead atoms. The number of furan rings is 1. The van der Waals surface area contributed by atoms with Gasteiger partial charge >= 0.3 is 0 Å². The Labute approximate surface area is 158 Å². The summed E-state index contributed by atoms with van der Waals surface area (Å²) in [6, 6.07) is 9.28. The Hall–Kier alpha value is -2.10. The molecule has 0 aliphatic carbocycles. The number of hydrogen-bond donors (Lipinski definition) is 3. The third-order valence-electron chi connectivity index (χ3n) is 2.93. The number of guanidine groups is 1. The predicted molar refractivity (Wildman–Crippen MR) is 103 cm³/mol. The lowest BCUT2D eigenvalue weighted by molar-refractivity contribution is -0.120. The quantitative estimate of drug-likeness (QED) is 0.344. The molecule has 0 unspecified atom stereocenters. The molecule has 8 heteroatoms. The Morgan fingerprint density at radius 1 is 1.21 bits per heavy atom. The van der Waals surface area contributed by atoms with Gasteiger partial charge in [-0.2, -0.15) is 0 Å². The highest BCUT2D eigenvalue weighted by molar-refractivity contribution is 14.0. The largest absolute Gasteiger partial charge is 0.467 e. The van der Waals surface area contributed by atoms with Crippen LogP contribution in [0.4, 0.5) is 0 Å². The molecule has 0 radical (unpaired) electrons. The summed E-state index contributed by atoms with van der Waals surface area (Å²) in [5, 5.41) is 8.85. The molecule has 0 saturated carbocycles. The summed E-state index contributed by atoms with van der Waals surface area (Å²) in [4.78, 5) is 20.4. The number of aromatic nitrogens is 1. The number of amides is 1. The minimum absolute atomic E-state index is 0. The van der Waals surface area contributed by atoms with Crippen molar-refractivity contribution < 1.29 is 9.21 Å². The van der Waals surface area contributed by atoms with E-state index in [1.165, 1.54) is 0 Å². The summed E-state index contributed by atoms with van der Waals surface area (Å²) in [5.41, 5.74) is 0.868. The second-order valence-corrected chi connectivity index (χ2v) is 4.73. The van der Waals surface area contributed by atoms with Crippen LogP contribution in [0.3, 0.4) is 0 Å². The van der Waals surface area contributed by atoms with Crippen molar-refractivity contribution in [2.75, 3.05) is 13.1 Å². The van der Waals surface area contributed by atoms with E-state index < -0.39 is 0 Å². The summed E-state index contributed by atoms with van der Waals surface area (Å²) in [6.45, 7) is 3.63. The lowest BCUT2D eigenvalue weighted by atomic mass is 10.3. The summed E-state index contributed by atoms with van der Waals surface area (Å²) in [7, 11) is 0. The van der Waals surface area contributed by atoms with Crippen molar-refractivity contribution in [3.05, 3.63) is 54.2 Å². The van der Waals surface area contributed by atoms with E-state index in [4.69, 9.17) is 4.42 Å². The van der Waals surface area contributed by atoms with E-state index in [2.05, 4.69) is 25.9 Å². The van der Waals surface area contributed by atoms with Crippen LogP contribution in [0.2, 0.25) is 0 Å². The minimum atomic E-state index is -0.134. The van der Waals surface area contributed by atoms with Gasteiger partial charge in [0.1, 0.15) is 5.76 Å². The molecule has 0 aliphatic heterocycles. The Morgan fingerprint density at radius 2 is 2.08 bits per heavy atom. The van der Waals surface area contributed by atoms with Crippen LogP contribution >= 0.6 is 24.0 Å². The maximum Gasteiger partial charge on any atom is 0.239 e. The fourth-order valence-electron chi connectivity index (χ4n) is 1.82. The van der Waals surface area contributed by atoms with Crippen LogP contribution < -0.4 is 16.0 Å². The normalized spacial score (nSPS) is 10.6. The van der Waals surface area contributed by atoms with Crippen LogP contribution in [0.1, 0.15) is 18.4 Å². The molecular weight excluding hydrogens is 421 g/mol. The van der Waals surface area contributed by atoms with Crippen molar-refractivity contribution in [3.63, 3.8) is 0 Å². The fraction of sp³-hybridized carbons (Fsp3) is 0.312. The Bertz CT molecular complexity index is 617. The van der Waals surface area contributed by atoms with Crippen molar-refractivity contribution in [2.45, 2.75) is 20.0 Å². The monoisotopic (exact) mass is 443 g/mol. The van der Waals surface area contributed by atoms with Gasteiger partial charge in [-0.25, -0.2) is 4.99 Å². The van der Waals surface area contributed by atoms with E-state index in [0.29, 0.717) is 31.4 Å². The average Bonchev–Trinajstić information content (AvgIpc) is 3.10. The number of aliphatic imine (C=N–C) groups is 1. The van der Waals surface area contributed by atoms with E-state index in [0.717, 1.165) is 5.69 Å². The summed E-state index contributed by atoms with van der Waals surface area (Å²) >= 11 is 0. The Balaban J connectivity index is 0.00000288. The standard InChI is InChI=1S/C16H21N5O2.HI/c1-2-17-16(20-10-13-6-3-4-8-18-13)21-12-15(22)19-11-14-7-5-9-23-14;/h3-9H,2,10-12H2,1H3,(H,19,22)(H2,17,20,21);1H. The third kappa shape index (κ3) is 7.44. The van der Waals surface area contributed by atoms with Crippen LogP contribution in [-0.4, -0.2) is 29.9 Å². The summed E-state index contributed by atoms with van der Waals surface area (Å²) < 4.78 is 5.16. The van der Waals surface area contributed by atoms with Gasteiger partial charge in [0.15, 0.2) is 5.96 Å². The van der Waals surface area contributed by atoms with Gasteiger partial charge in [-0.1, -0.05) is 6.07 Å². The second kappa shape index (κ2) is 11.4. The first-order valence-corrected chi connectivity index (χ1v) is 7.49. The van der Waals surface area contributed by atoms with E-state index in [9.17, 15) is 4.79 Å². The van der Waals surface area contributed by atoms with Gasteiger partial charge in [-0.3, -0.25) is 9.78 Å². The molecule has 2 aromatic heterocycles. The lowest BCUT2D eigenvalue weighted by Gasteiger charge is -2.11. The first-order chi connectivity index (χ1) is 11.3. The molecule has 0 atom stereocenters. The highest BCUT2D eigenvalue weighted by atomic mass is 127. The molecule has 2 rings (SSSR count). The highest BCUT2D eigenvalue weighted by Crippen LogP contribution is 1.98. The Kier molecular flexibility index (Phi) is 9.51. The van der Waals surface area contributed by atoms with E-state index >= 15 is 0 Å². The molecule has 1 amide bonds. The zero-order valence-corrected chi connectivity index (χ0v) is 15.8. The van der Waals surface area contributed by atoms with Crippen molar-refractivity contribution in [1.82, 2.24) is 20.9 Å². The lowest BCUT2D eigenvalue weighted by Crippen LogP contribution is -2.43. The molecule has 0 spiro atoms. The number of carbonyl (C=O) groups is 1. The second-order valence-electron chi connectivity index (χ2n) is 4.73. The van der Waals surface area contributed by atoms with Crippen LogP contribution in [-0.2, 0) is 17.9 Å². The van der Waals surface area contributed by atoms with E-state index in [1.807, 2.05) is 31.2 Å². The zero-order valence-electron chi connectivity index (χ0n) is 13.5. The van der Waals surface area contributed by atoms with Gasteiger partial charge < -0.3 is 20.4 Å². The zero-order chi connectivity index (χ0) is 16.3. The molecule has 0 saturated heterocycles. The fourth-order valence-corrected chi connectivity index (χ4v) is 1.82. The molecule has 0 aromatic carbocycles. The van der Waals surface area contributed by atoms with Crippen LogP contribution in [0.25, 0.3) is 0 Å². The molecule has 130 valence electrons. The Morgan fingerprint density at radius 3 is 2.75 bits per heavy atom. The number of carbonyl (C=O) groups excluding carboxylic acids is 1. The van der Waals surface area contributed by atoms with Gasteiger partial charge in [0.2, 0.25) is 5.91 Å². The molecule has 3 N–H and O–H groups in total. The van der Waals surface area contributed by atoms with Gasteiger partial charge in [0.05, 0.1) is 31.6 Å². The molecule has 2 heterocycles. The number of rotatable bonds is 7. The van der Waals surface area contributed by atoms with Crippen LogP contribution in [0, 0.1) is 0 Å². The summed E-state index contributed by atoms with van der Waals surface area (Å²) in [5.74, 6) is 1.16. The highest BCUT2D eigenvalue weighted by Gasteiger charge is 2.04. The number of halogens is 1. The van der Waals surface area contributed by atoms with Gasteiger partial charge in [-0.05, 0) is 31.2 Å². The number of hydrogen-bond acceptors (Lipinski definition) is 4. The minimum Gasteiger partial charge on any atom is -0.467 e. The number of nitrogens with one attached hydrogen (secondary N) is 3. The van der Waals surface area contributed by atoms with Crippen molar-refractivity contribution in [3.8, 4) is 0 Å². The van der Waals surface area contributed by atoms with Crippen molar-refractivity contribution >= 4 is 35.8 Å². The SMILES string of the molecule is CCNC(=NCc1ccccn1)NCC(=O)NCc1ccco1.I. The first-order valence-electron chi connectivity index (χ1n) is 7.49. The maximum atomic E-state index is 11.8. The van der Waals surface area contributed by atoms with Crippen LogP contribution in [0.15, 0.2) is 52.2 Å². The van der Waals surface area contributed by atoms with Gasteiger partial charge in [-0.15, -0.1) is 24.0 Å². The summed E-state index contributed by atoms with van der Waals surface area (Å²) in [6.07, 6.45) is 3.31. The average molecular weight is 443 g/mol. The van der Waals surface area contributed by atoms with Crippen LogP contribution in [0.5, 0.6) is 0 Å². The smallest absolute Gasteiger partial charge is 0.239 e. The first kappa shape index (κ1) is 19.9. The van der Waals surface area contributed by atoms with Crippen molar-refractivity contribution in [1.29, 1.82) is 0 Å².